The molecule has 1 aromatic heterocycles. The van der Waals surface area contributed by atoms with Gasteiger partial charge < -0.3 is 15.3 Å². The van der Waals surface area contributed by atoms with Gasteiger partial charge >= 0.3 is 0 Å². The number of nitrogens with one attached hydrogen (secondary N) is 1. The lowest BCUT2D eigenvalue weighted by molar-refractivity contribution is -0.142. The van der Waals surface area contributed by atoms with E-state index in [2.05, 4.69) is 23.1 Å². The van der Waals surface area contributed by atoms with Gasteiger partial charge in [0.2, 0.25) is 11.8 Å². The van der Waals surface area contributed by atoms with Gasteiger partial charge in [0.25, 0.3) is 0 Å². The fourth-order valence-electron chi connectivity index (χ4n) is 6.38. The molecular formula is C28H35N3O5S2. The minimum Gasteiger partial charge on any atom is -0.392 e. The van der Waals surface area contributed by atoms with Crippen molar-refractivity contribution in [2.75, 3.05) is 24.7 Å². The molecule has 204 valence electrons. The number of carbonyl (C=O) groups is 2. The number of nitrogens with zero attached hydrogens (tertiary/aromatic N) is 2. The number of aliphatic hydroxyl groups is 1. The van der Waals surface area contributed by atoms with Gasteiger partial charge in [-0.25, -0.2) is 13.4 Å². The van der Waals surface area contributed by atoms with Gasteiger partial charge in [-0.05, 0) is 48.6 Å². The quantitative estimate of drug-likeness (QED) is 0.505. The standard InChI is InChI=1S/C28H35N3O5S2/c1-6-14-31(5)26(34)17(2)20-12-13-28(4)15-21-24(18(3)23(28)25(20)33)30-27(37-21)29-22(32)16-38(35,36)19-10-8-7-9-11-19/h1,7-11,17-18,20,23,25,33H,12-16H2,2-5H3,(H,29,30,32). The lowest BCUT2D eigenvalue weighted by Gasteiger charge is -2.53. The van der Waals surface area contributed by atoms with E-state index in [1.807, 2.05) is 13.8 Å². The highest BCUT2D eigenvalue weighted by atomic mass is 32.2. The van der Waals surface area contributed by atoms with Crippen molar-refractivity contribution in [3.8, 4) is 12.3 Å². The summed E-state index contributed by atoms with van der Waals surface area (Å²) in [6.45, 7) is 6.31. The van der Waals surface area contributed by atoms with Crippen molar-refractivity contribution in [3.05, 3.63) is 40.9 Å². The van der Waals surface area contributed by atoms with Crippen LogP contribution in [-0.4, -0.2) is 60.7 Å². The fourth-order valence-corrected chi connectivity index (χ4v) is 8.82. The third-order valence-electron chi connectivity index (χ3n) is 8.33. The van der Waals surface area contributed by atoms with Crippen LogP contribution in [0.3, 0.4) is 0 Å². The number of hydrogen-bond donors (Lipinski definition) is 2. The lowest BCUT2D eigenvalue weighted by Crippen LogP contribution is -2.53. The maximum atomic E-state index is 12.9. The smallest absolute Gasteiger partial charge is 0.241 e. The predicted molar refractivity (Wildman–Crippen MR) is 147 cm³/mol. The third kappa shape index (κ3) is 5.37. The largest absolute Gasteiger partial charge is 0.392 e. The molecule has 0 radical (unpaired) electrons. The first-order valence-electron chi connectivity index (χ1n) is 12.8. The molecule has 1 saturated carbocycles. The van der Waals surface area contributed by atoms with Crippen LogP contribution >= 0.6 is 11.3 Å². The van der Waals surface area contributed by atoms with Crippen LogP contribution in [0.25, 0.3) is 0 Å². The van der Waals surface area contributed by atoms with Crippen LogP contribution in [0, 0.1) is 35.5 Å². The summed E-state index contributed by atoms with van der Waals surface area (Å²) in [5.74, 6) is 0.369. The van der Waals surface area contributed by atoms with Crippen LogP contribution in [-0.2, 0) is 25.8 Å². The van der Waals surface area contributed by atoms with Gasteiger partial charge in [0, 0.05) is 23.8 Å². The zero-order valence-corrected chi connectivity index (χ0v) is 23.8. The normalized spacial score (nSPS) is 27.4. The SMILES string of the molecule is C#CCN(C)C(=O)C(C)C1CCC2(C)Cc3sc(NC(=O)CS(=O)(=O)c4ccccc4)nc3C(C)C2C1O. The monoisotopic (exact) mass is 557 g/mol. The topological polar surface area (TPSA) is 117 Å². The first-order chi connectivity index (χ1) is 17.9. The minimum atomic E-state index is -3.77. The lowest BCUT2D eigenvalue weighted by atomic mass is 9.53. The number of hydrogen-bond acceptors (Lipinski definition) is 7. The molecule has 6 unspecified atom stereocenters. The number of anilines is 1. The number of benzene rings is 1. The Morgan fingerprint density at radius 3 is 2.68 bits per heavy atom. The fraction of sp³-hybridized carbons (Fsp3) is 0.536. The highest BCUT2D eigenvalue weighted by Gasteiger charge is 2.54. The van der Waals surface area contributed by atoms with Crippen LogP contribution in [0.15, 0.2) is 35.2 Å². The number of aliphatic hydroxyl groups excluding tert-OH is 1. The summed E-state index contributed by atoms with van der Waals surface area (Å²) in [5.41, 5.74) is 0.641. The van der Waals surface area contributed by atoms with Gasteiger partial charge in [-0.2, -0.15) is 0 Å². The molecular weight excluding hydrogens is 522 g/mol. The second-order valence-electron chi connectivity index (χ2n) is 11.0. The molecule has 1 heterocycles. The minimum absolute atomic E-state index is 0.0659. The number of rotatable bonds is 7. The van der Waals surface area contributed by atoms with Crippen LogP contribution in [0.5, 0.6) is 0 Å². The van der Waals surface area contributed by atoms with Crippen molar-refractivity contribution >= 4 is 38.1 Å². The molecule has 6 atom stereocenters. The average molecular weight is 558 g/mol. The van der Waals surface area contributed by atoms with Gasteiger partial charge in [-0.3, -0.25) is 9.59 Å². The van der Waals surface area contributed by atoms with Crippen LogP contribution in [0.2, 0.25) is 0 Å². The summed E-state index contributed by atoms with van der Waals surface area (Å²) in [5, 5.41) is 14.6. The Balaban J connectivity index is 1.50. The van der Waals surface area contributed by atoms with E-state index in [1.165, 1.54) is 28.4 Å². The highest BCUT2D eigenvalue weighted by Crippen LogP contribution is 2.57. The van der Waals surface area contributed by atoms with Crippen LogP contribution in [0.1, 0.15) is 50.1 Å². The Bertz CT molecular complexity index is 1350. The van der Waals surface area contributed by atoms with Crippen molar-refractivity contribution in [2.24, 2.45) is 23.2 Å². The van der Waals surface area contributed by atoms with E-state index in [4.69, 9.17) is 6.42 Å². The molecule has 2 aromatic rings. The summed E-state index contributed by atoms with van der Waals surface area (Å²) in [6.07, 6.45) is 6.98. The van der Waals surface area contributed by atoms with Crippen LogP contribution < -0.4 is 5.32 Å². The van der Waals surface area contributed by atoms with E-state index in [0.717, 1.165) is 23.4 Å². The van der Waals surface area contributed by atoms with E-state index in [0.29, 0.717) is 11.6 Å². The average Bonchev–Trinajstić information content (AvgIpc) is 3.25. The Morgan fingerprint density at radius 2 is 2.03 bits per heavy atom. The van der Waals surface area contributed by atoms with Crippen molar-refractivity contribution in [2.45, 2.75) is 57.0 Å². The Hall–Kier alpha value is -2.74. The molecule has 8 nitrogen and oxygen atoms in total. The van der Waals surface area contributed by atoms with Crippen molar-refractivity contribution in [3.63, 3.8) is 0 Å². The number of sulfone groups is 1. The summed E-state index contributed by atoms with van der Waals surface area (Å²) >= 11 is 1.37. The molecule has 1 fully saturated rings. The summed E-state index contributed by atoms with van der Waals surface area (Å²) in [7, 11) is -2.08. The molecule has 0 spiro atoms. The second-order valence-corrected chi connectivity index (χ2v) is 14.0. The molecule has 2 aliphatic rings. The van der Waals surface area contributed by atoms with Gasteiger partial charge in [0.05, 0.1) is 23.2 Å². The van der Waals surface area contributed by atoms with Gasteiger partial charge in [0.1, 0.15) is 5.75 Å². The number of fused-ring (bicyclic) bond motifs is 2. The van der Waals surface area contributed by atoms with Gasteiger partial charge in [-0.15, -0.1) is 17.8 Å². The Morgan fingerprint density at radius 1 is 1.34 bits per heavy atom. The molecule has 38 heavy (non-hydrogen) atoms. The second kappa shape index (κ2) is 10.8. The Kier molecular flexibility index (Phi) is 8.03. The molecule has 0 saturated heterocycles. The van der Waals surface area contributed by atoms with Crippen molar-refractivity contribution in [1.82, 2.24) is 9.88 Å². The van der Waals surface area contributed by atoms with Gasteiger partial charge in [0.15, 0.2) is 15.0 Å². The molecule has 2 aliphatic carbocycles. The maximum absolute atomic E-state index is 12.9. The molecule has 2 N–H and O–H groups in total. The summed E-state index contributed by atoms with van der Waals surface area (Å²) < 4.78 is 25.2. The van der Waals surface area contributed by atoms with Crippen molar-refractivity contribution in [1.29, 1.82) is 0 Å². The first-order valence-corrected chi connectivity index (χ1v) is 15.3. The number of terminal acetylenes is 1. The van der Waals surface area contributed by atoms with Crippen molar-refractivity contribution < 1.29 is 23.1 Å². The zero-order valence-electron chi connectivity index (χ0n) is 22.2. The molecule has 2 amide bonds. The summed E-state index contributed by atoms with van der Waals surface area (Å²) in [6, 6.07) is 7.89. The molecule has 10 heteroatoms. The highest BCUT2D eigenvalue weighted by molar-refractivity contribution is 7.92. The maximum Gasteiger partial charge on any atom is 0.241 e. The van der Waals surface area contributed by atoms with E-state index < -0.39 is 27.6 Å². The molecule has 0 aliphatic heterocycles. The molecule has 1 aromatic carbocycles. The number of aromatic nitrogens is 1. The first kappa shape index (κ1) is 28.3. The number of thiazole rings is 1. The zero-order chi connectivity index (χ0) is 27.8. The number of amides is 2. The summed E-state index contributed by atoms with van der Waals surface area (Å²) in [4.78, 5) is 32.9. The molecule has 4 rings (SSSR count). The third-order valence-corrected chi connectivity index (χ3v) is 10.9. The van der Waals surface area contributed by atoms with Gasteiger partial charge in [-0.1, -0.05) is 44.9 Å². The van der Waals surface area contributed by atoms with E-state index in [9.17, 15) is 23.1 Å². The predicted octanol–water partition coefficient (Wildman–Crippen LogP) is 3.34. The van der Waals surface area contributed by atoms with E-state index in [1.54, 1.807) is 25.2 Å². The van der Waals surface area contributed by atoms with E-state index >= 15 is 0 Å². The number of carbonyl (C=O) groups excluding carboxylic acids is 2. The van der Waals surface area contributed by atoms with E-state index in [-0.39, 0.29) is 46.4 Å². The Labute approximate surface area is 228 Å². The van der Waals surface area contributed by atoms with Crippen LogP contribution in [0.4, 0.5) is 5.13 Å². The molecule has 0 bridgehead atoms.